The molecule has 0 aliphatic carbocycles. The lowest BCUT2D eigenvalue weighted by Crippen LogP contribution is -1.97. The average molecular weight is 191 g/mol. The second-order valence-corrected chi connectivity index (χ2v) is 3.20. The number of H-pyrrole nitrogens is 1. The van der Waals surface area contributed by atoms with Gasteiger partial charge in [-0.1, -0.05) is 6.07 Å². The highest BCUT2D eigenvalue weighted by Crippen LogP contribution is 2.29. The van der Waals surface area contributed by atoms with Gasteiger partial charge in [0.1, 0.15) is 11.3 Å². The van der Waals surface area contributed by atoms with E-state index in [9.17, 15) is 0 Å². The maximum atomic E-state index is 5.62. The Kier molecular flexibility index (Phi) is 2.13. The first-order chi connectivity index (χ1) is 6.77. The Morgan fingerprint density at radius 1 is 1.50 bits per heavy atom. The number of rotatable bonds is 2. The molecule has 0 spiro atoms. The fourth-order valence-corrected chi connectivity index (χ4v) is 1.64. The first kappa shape index (κ1) is 9.02. The normalized spacial score (nSPS) is 10.8. The highest BCUT2D eigenvalue weighted by molar-refractivity contribution is 5.90. The van der Waals surface area contributed by atoms with Gasteiger partial charge < -0.3 is 10.5 Å². The van der Waals surface area contributed by atoms with Gasteiger partial charge in [0.25, 0.3) is 0 Å². The minimum absolute atomic E-state index is 0.491. The molecular weight excluding hydrogens is 178 g/mol. The van der Waals surface area contributed by atoms with Gasteiger partial charge in [-0.15, -0.1) is 0 Å². The van der Waals surface area contributed by atoms with E-state index < -0.39 is 0 Å². The van der Waals surface area contributed by atoms with E-state index in [1.54, 1.807) is 7.11 Å². The van der Waals surface area contributed by atoms with Crippen LogP contribution < -0.4 is 10.5 Å². The number of benzene rings is 1. The summed E-state index contributed by atoms with van der Waals surface area (Å²) in [5, 5.41) is 8.18. The number of nitrogens with two attached hydrogens (primary N) is 1. The van der Waals surface area contributed by atoms with Crippen LogP contribution in [0.5, 0.6) is 5.75 Å². The summed E-state index contributed by atoms with van der Waals surface area (Å²) < 4.78 is 5.27. The summed E-state index contributed by atoms with van der Waals surface area (Å²) in [7, 11) is 1.66. The van der Waals surface area contributed by atoms with Crippen LogP contribution in [0.3, 0.4) is 0 Å². The Hall–Kier alpha value is -1.55. The molecule has 74 valence electrons. The number of nitrogens with one attached hydrogen (secondary N) is 1. The van der Waals surface area contributed by atoms with Crippen LogP contribution >= 0.6 is 0 Å². The Balaban J connectivity index is 2.81. The van der Waals surface area contributed by atoms with Crippen LogP contribution in [0.2, 0.25) is 0 Å². The maximum absolute atomic E-state index is 5.62. The third-order valence-corrected chi connectivity index (χ3v) is 2.37. The molecule has 2 rings (SSSR count). The molecule has 0 aliphatic rings. The molecule has 0 amide bonds. The predicted octanol–water partition coefficient (Wildman–Crippen LogP) is 1.34. The lowest BCUT2D eigenvalue weighted by molar-refractivity contribution is 0.419. The summed E-state index contributed by atoms with van der Waals surface area (Å²) in [6.07, 6.45) is 0. The zero-order valence-electron chi connectivity index (χ0n) is 8.29. The number of aryl methyl sites for hydroxylation is 1. The van der Waals surface area contributed by atoms with Gasteiger partial charge in [-0.25, -0.2) is 0 Å². The molecule has 2 aromatic rings. The summed E-state index contributed by atoms with van der Waals surface area (Å²) in [6, 6.07) is 3.87. The molecule has 3 N–H and O–H groups in total. The molecule has 0 saturated carbocycles. The molecule has 0 bridgehead atoms. The van der Waals surface area contributed by atoms with Gasteiger partial charge in [-0.05, 0) is 18.6 Å². The fourth-order valence-electron chi connectivity index (χ4n) is 1.64. The standard InChI is InChI=1S/C10H13N3O/c1-6-9-8(14-2)4-3-7(5-11)10(9)13-12-6/h3-4H,5,11H2,1-2H3,(H,12,13). The molecule has 0 fully saturated rings. The van der Waals surface area contributed by atoms with Gasteiger partial charge in [-0.3, -0.25) is 5.10 Å². The molecule has 0 saturated heterocycles. The lowest BCUT2D eigenvalue weighted by Gasteiger charge is -2.04. The number of methoxy groups -OCH3 is 1. The first-order valence-corrected chi connectivity index (χ1v) is 4.48. The molecular formula is C10H13N3O. The predicted molar refractivity (Wildman–Crippen MR) is 55.3 cm³/mol. The number of aromatic amines is 1. The number of hydrogen-bond acceptors (Lipinski definition) is 3. The zero-order valence-corrected chi connectivity index (χ0v) is 8.29. The van der Waals surface area contributed by atoms with Crippen molar-refractivity contribution in [3.63, 3.8) is 0 Å². The van der Waals surface area contributed by atoms with Crippen molar-refractivity contribution in [2.24, 2.45) is 5.73 Å². The van der Waals surface area contributed by atoms with Crippen molar-refractivity contribution in [1.29, 1.82) is 0 Å². The highest BCUT2D eigenvalue weighted by atomic mass is 16.5. The summed E-state index contributed by atoms with van der Waals surface area (Å²) in [5.41, 5.74) is 8.57. The lowest BCUT2D eigenvalue weighted by atomic mass is 10.1. The SMILES string of the molecule is COc1ccc(CN)c2n[nH]c(C)c12. The van der Waals surface area contributed by atoms with Gasteiger partial charge in [0.15, 0.2) is 0 Å². The average Bonchev–Trinajstić information content (AvgIpc) is 2.60. The van der Waals surface area contributed by atoms with Crippen molar-refractivity contribution in [3.05, 3.63) is 23.4 Å². The van der Waals surface area contributed by atoms with Crippen LogP contribution in [-0.4, -0.2) is 17.3 Å². The maximum Gasteiger partial charge on any atom is 0.130 e. The van der Waals surface area contributed by atoms with Gasteiger partial charge in [-0.2, -0.15) is 5.10 Å². The van der Waals surface area contributed by atoms with Gasteiger partial charge in [0.2, 0.25) is 0 Å². The van der Waals surface area contributed by atoms with Crippen molar-refractivity contribution in [1.82, 2.24) is 10.2 Å². The quantitative estimate of drug-likeness (QED) is 0.752. The van der Waals surface area contributed by atoms with Crippen molar-refractivity contribution >= 4 is 10.9 Å². The van der Waals surface area contributed by atoms with Gasteiger partial charge in [0.05, 0.1) is 12.5 Å². The van der Waals surface area contributed by atoms with E-state index in [4.69, 9.17) is 10.5 Å². The molecule has 0 radical (unpaired) electrons. The van der Waals surface area contributed by atoms with Gasteiger partial charge in [0, 0.05) is 12.2 Å². The molecule has 0 unspecified atom stereocenters. The third-order valence-electron chi connectivity index (χ3n) is 2.37. The Morgan fingerprint density at radius 2 is 2.29 bits per heavy atom. The highest BCUT2D eigenvalue weighted by Gasteiger charge is 2.10. The summed E-state index contributed by atoms with van der Waals surface area (Å²) in [5.74, 6) is 0.837. The number of fused-ring (bicyclic) bond motifs is 1. The minimum atomic E-state index is 0.491. The van der Waals surface area contributed by atoms with E-state index in [0.29, 0.717) is 6.54 Å². The van der Waals surface area contributed by atoms with Crippen LogP contribution in [0.15, 0.2) is 12.1 Å². The fraction of sp³-hybridized carbons (Fsp3) is 0.300. The first-order valence-electron chi connectivity index (χ1n) is 4.48. The molecule has 0 atom stereocenters. The molecule has 1 aromatic heterocycles. The molecule has 0 aliphatic heterocycles. The Bertz CT molecular complexity index is 462. The largest absolute Gasteiger partial charge is 0.496 e. The summed E-state index contributed by atoms with van der Waals surface area (Å²) >= 11 is 0. The second kappa shape index (κ2) is 3.31. The zero-order chi connectivity index (χ0) is 10.1. The smallest absolute Gasteiger partial charge is 0.130 e. The van der Waals surface area contributed by atoms with E-state index in [2.05, 4.69) is 10.2 Å². The third kappa shape index (κ3) is 1.15. The monoisotopic (exact) mass is 191 g/mol. The van der Waals surface area contributed by atoms with E-state index >= 15 is 0 Å². The number of ether oxygens (including phenoxy) is 1. The molecule has 1 heterocycles. The van der Waals surface area contributed by atoms with E-state index in [0.717, 1.165) is 27.9 Å². The van der Waals surface area contributed by atoms with E-state index in [1.165, 1.54) is 0 Å². The summed E-state index contributed by atoms with van der Waals surface area (Å²) in [6.45, 7) is 2.46. The Labute approximate surface area is 82.1 Å². The van der Waals surface area contributed by atoms with Gasteiger partial charge >= 0.3 is 0 Å². The van der Waals surface area contributed by atoms with Crippen molar-refractivity contribution in [3.8, 4) is 5.75 Å². The van der Waals surface area contributed by atoms with Crippen LogP contribution in [0.25, 0.3) is 10.9 Å². The van der Waals surface area contributed by atoms with Crippen LogP contribution in [0, 0.1) is 6.92 Å². The molecule has 4 nitrogen and oxygen atoms in total. The second-order valence-electron chi connectivity index (χ2n) is 3.20. The van der Waals surface area contributed by atoms with E-state index in [1.807, 2.05) is 19.1 Å². The molecule has 14 heavy (non-hydrogen) atoms. The molecule has 1 aromatic carbocycles. The van der Waals surface area contributed by atoms with Crippen LogP contribution in [0.4, 0.5) is 0 Å². The number of nitrogens with zero attached hydrogens (tertiary/aromatic N) is 1. The van der Waals surface area contributed by atoms with Crippen molar-refractivity contribution < 1.29 is 4.74 Å². The van der Waals surface area contributed by atoms with E-state index in [-0.39, 0.29) is 0 Å². The van der Waals surface area contributed by atoms with Crippen molar-refractivity contribution in [2.45, 2.75) is 13.5 Å². The Morgan fingerprint density at radius 3 is 2.93 bits per heavy atom. The molecule has 4 heteroatoms. The van der Waals surface area contributed by atoms with Crippen LogP contribution in [0.1, 0.15) is 11.3 Å². The number of hydrogen-bond donors (Lipinski definition) is 2. The topological polar surface area (TPSA) is 63.9 Å². The number of aromatic nitrogens is 2. The van der Waals surface area contributed by atoms with Crippen LogP contribution in [-0.2, 0) is 6.54 Å². The van der Waals surface area contributed by atoms with Crippen molar-refractivity contribution in [2.75, 3.05) is 7.11 Å². The minimum Gasteiger partial charge on any atom is -0.496 e. The summed E-state index contributed by atoms with van der Waals surface area (Å²) in [4.78, 5) is 0.